The summed E-state index contributed by atoms with van der Waals surface area (Å²) in [7, 11) is -4.69. The minimum Gasteiger partial charge on any atom is -0.454 e. The van der Waals surface area contributed by atoms with E-state index in [4.69, 9.17) is 4.74 Å². The van der Waals surface area contributed by atoms with Crippen molar-refractivity contribution < 1.29 is 26.7 Å². The highest BCUT2D eigenvalue weighted by Crippen LogP contribution is 2.19. The first-order valence-corrected chi connectivity index (χ1v) is 8.45. The molecule has 0 unspecified atom stereocenters. The fraction of sp³-hybridized carbons (Fsp3) is 0.385. The van der Waals surface area contributed by atoms with Crippen molar-refractivity contribution in [2.45, 2.75) is 37.1 Å². The Labute approximate surface area is 136 Å². The van der Waals surface area contributed by atoms with Gasteiger partial charge >= 0.3 is 11.7 Å². The lowest BCUT2D eigenvalue weighted by atomic mass is 10.2. The number of carbonyl (C=O) groups excluding carboxylic acids is 1. The average molecular weight is 360 g/mol. The monoisotopic (exact) mass is 360 g/mol. The fourth-order valence-corrected chi connectivity index (χ4v) is 2.53. The Morgan fingerprint density at radius 3 is 2.54 bits per heavy atom. The number of alkyl halides is 2. The molecule has 2 aromatic rings. The normalized spacial score (nSPS) is 11.7. The number of aryl methyl sites for hydroxylation is 1. The van der Waals surface area contributed by atoms with Crippen LogP contribution in [0.1, 0.15) is 29.5 Å². The zero-order valence-electron chi connectivity index (χ0n) is 12.6. The largest absolute Gasteiger partial charge is 0.454 e. The van der Waals surface area contributed by atoms with Gasteiger partial charge in [-0.1, -0.05) is 6.92 Å². The van der Waals surface area contributed by atoms with E-state index < -0.39 is 26.5 Å². The number of halogens is 2. The van der Waals surface area contributed by atoms with E-state index in [0.29, 0.717) is 12.4 Å². The molecule has 0 saturated heterocycles. The van der Waals surface area contributed by atoms with Crippen molar-refractivity contribution in [2.24, 2.45) is 0 Å². The van der Waals surface area contributed by atoms with Crippen molar-refractivity contribution >= 4 is 15.8 Å². The van der Waals surface area contributed by atoms with Gasteiger partial charge in [0, 0.05) is 6.54 Å². The standard InChI is InChI=1S/C13H14F2N4O4S/c1-2-7-19-11(16-17-18-19)8-23-12(20)9-3-5-10(6-4-9)24(21,22)13(14)15/h3-6,13H,2,7-8H2,1H3. The summed E-state index contributed by atoms with van der Waals surface area (Å²) in [6, 6.07) is 4.07. The molecule has 0 aliphatic carbocycles. The van der Waals surface area contributed by atoms with E-state index >= 15 is 0 Å². The smallest absolute Gasteiger partial charge is 0.341 e. The number of rotatable bonds is 7. The third-order valence-corrected chi connectivity index (χ3v) is 4.43. The van der Waals surface area contributed by atoms with Gasteiger partial charge in [-0.25, -0.2) is 17.9 Å². The number of sulfone groups is 1. The summed E-state index contributed by atoms with van der Waals surface area (Å²) in [6.07, 6.45) is 0.798. The maximum absolute atomic E-state index is 12.4. The van der Waals surface area contributed by atoms with Gasteiger partial charge in [0.05, 0.1) is 10.5 Å². The van der Waals surface area contributed by atoms with Gasteiger partial charge in [-0.05, 0) is 41.1 Å². The first kappa shape index (κ1) is 17.9. The molecule has 0 atom stereocenters. The van der Waals surface area contributed by atoms with Crippen molar-refractivity contribution in [3.05, 3.63) is 35.7 Å². The first-order valence-electron chi connectivity index (χ1n) is 6.90. The van der Waals surface area contributed by atoms with Crippen molar-refractivity contribution in [2.75, 3.05) is 0 Å². The van der Waals surface area contributed by atoms with E-state index in [9.17, 15) is 22.0 Å². The Bertz CT molecular complexity index is 806. The zero-order valence-corrected chi connectivity index (χ0v) is 13.4. The molecule has 0 saturated carbocycles. The molecule has 11 heteroatoms. The number of esters is 1. The van der Waals surface area contributed by atoms with E-state index in [1.54, 1.807) is 0 Å². The van der Waals surface area contributed by atoms with Crippen LogP contribution in [0.4, 0.5) is 8.78 Å². The van der Waals surface area contributed by atoms with Crippen LogP contribution in [0.2, 0.25) is 0 Å². The van der Waals surface area contributed by atoms with Crippen LogP contribution in [0, 0.1) is 0 Å². The Hall–Kier alpha value is -2.43. The molecule has 2 rings (SSSR count). The van der Waals surface area contributed by atoms with Gasteiger partial charge in [-0.2, -0.15) is 8.78 Å². The second-order valence-electron chi connectivity index (χ2n) is 4.72. The molecule has 0 amide bonds. The van der Waals surface area contributed by atoms with Crippen LogP contribution in [0.5, 0.6) is 0 Å². The third kappa shape index (κ3) is 3.91. The summed E-state index contributed by atoms with van der Waals surface area (Å²) in [5.41, 5.74) is 0.0257. The molecule has 1 aromatic carbocycles. The van der Waals surface area contributed by atoms with Crippen molar-refractivity contribution in [1.82, 2.24) is 20.2 Å². The molecule has 0 fully saturated rings. The lowest BCUT2D eigenvalue weighted by Gasteiger charge is -2.06. The van der Waals surface area contributed by atoms with Gasteiger partial charge in [0.2, 0.25) is 9.84 Å². The quantitative estimate of drug-likeness (QED) is 0.688. The van der Waals surface area contributed by atoms with E-state index in [-0.39, 0.29) is 12.2 Å². The van der Waals surface area contributed by atoms with Crippen molar-refractivity contribution in [1.29, 1.82) is 0 Å². The molecule has 0 aliphatic heterocycles. The van der Waals surface area contributed by atoms with E-state index in [0.717, 1.165) is 30.7 Å². The van der Waals surface area contributed by atoms with E-state index in [2.05, 4.69) is 15.5 Å². The SMILES string of the molecule is CCCn1nnnc1COC(=O)c1ccc(S(=O)(=O)C(F)F)cc1. The van der Waals surface area contributed by atoms with Crippen LogP contribution in [0.3, 0.4) is 0 Å². The summed E-state index contributed by atoms with van der Waals surface area (Å²) >= 11 is 0. The van der Waals surface area contributed by atoms with E-state index in [1.165, 1.54) is 4.68 Å². The maximum atomic E-state index is 12.4. The molecular formula is C13H14F2N4O4S. The summed E-state index contributed by atoms with van der Waals surface area (Å²) < 4.78 is 54.0. The third-order valence-electron chi connectivity index (χ3n) is 3.03. The van der Waals surface area contributed by atoms with Crippen LogP contribution in [0.25, 0.3) is 0 Å². The van der Waals surface area contributed by atoms with Crippen LogP contribution >= 0.6 is 0 Å². The Balaban J connectivity index is 2.04. The molecule has 24 heavy (non-hydrogen) atoms. The molecule has 130 valence electrons. The summed E-state index contributed by atoms with van der Waals surface area (Å²) in [5.74, 6) is -3.91. The van der Waals surface area contributed by atoms with Gasteiger partial charge in [0.25, 0.3) is 0 Å². The summed E-state index contributed by atoms with van der Waals surface area (Å²) in [6.45, 7) is 2.34. The van der Waals surface area contributed by atoms with Crippen LogP contribution in [0.15, 0.2) is 29.2 Å². The molecule has 1 heterocycles. The van der Waals surface area contributed by atoms with Gasteiger partial charge in [-0.3, -0.25) is 0 Å². The lowest BCUT2D eigenvalue weighted by molar-refractivity contribution is 0.0456. The second-order valence-corrected chi connectivity index (χ2v) is 6.64. The highest BCUT2D eigenvalue weighted by molar-refractivity contribution is 7.91. The number of ether oxygens (including phenoxy) is 1. The molecule has 0 N–H and O–H groups in total. The maximum Gasteiger partial charge on any atom is 0.341 e. The van der Waals surface area contributed by atoms with Crippen molar-refractivity contribution in [3.63, 3.8) is 0 Å². The Kier molecular flexibility index (Phi) is 5.54. The fourth-order valence-electron chi connectivity index (χ4n) is 1.81. The predicted molar refractivity (Wildman–Crippen MR) is 76.9 cm³/mol. The molecule has 0 spiro atoms. The minimum absolute atomic E-state index is 0.0257. The minimum atomic E-state index is -4.69. The zero-order chi connectivity index (χ0) is 17.7. The van der Waals surface area contributed by atoms with Gasteiger partial charge in [0.15, 0.2) is 12.4 Å². The van der Waals surface area contributed by atoms with Crippen LogP contribution in [-0.4, -0.2) is 40.4 Å². The Morgan fingerprint density at radius 2 is 1.96 bits per heavy atom. The number of aromatic nitrogens is 4. The number of hydrogen-bond donors (Lipinski definition) is 0. The van der Waals surface area contributed by atoms with Gasteiger partial charge in [0.1, 0.15) is 0 Å². The summed E-state index contributed by atoms with van der Waals surface area (Å²) in [5, 5.41) is 10.9. The average Bonchev–Trinajstić information content (AvgIpc) is 3.00. The number of benzene rings is 1. The molecule has 1 aromatic heterocycles. The Morgan fingerprint density at radius 1 is 1.29 bits per heavy atom. The molecule has 0 bridgehead atoms. The lowest BCUT2D eigenvalue weighted by Crippen LogP contribution is -2.13. The van der Waals surface area contributed by atoms with Crippen molar-refractivity contribution in [3.8, 4) is 0 Å². The van der Waals surface area contributed by atoms with Gasteiger partial charge in [-0.15, -0.1) is 5.10 Å². The van der Waals surface area contributed by atoms with Crippen LogP contribution < -0.4 is 0 Å². The topological polar surface area (TPSA) is 104 Å². The highest BCUT2D eigenvalue weighted by Gasteiger charge is 2.26. The first-order chi connectivity index (χ1) is 11.4. The molecule has 8 nitrogen and oxygen atoms in total. The number of carbonyl (C=O) groups is 1. The van der Waals surface area contributed by atoms with Gasteiger partial charge < -0.3 is 4.74 Å². The molecule has 0 aliphatic rings. The number of hydrogen-bond acceptors (Lipinski definition) is 7. The van der Waals surface area contributed by atoms with Crippen LogP contribution in [-0.2, 0) is 27.7 Å². The van der Waals surface area contributed by atoms with E-state index in [1.807, 2.05) is 6.92 Å². The molecular weight excluding hydrogens is 346 g/mol. The number of tetrazole rings is 1. The predicted octanol–water partition coefficient (Wildman–Crippen LogP) is 1.44. The number of nitrogens with zero attached hydrogens (tertiary/aromatic N) is 4. The summed E-state index contributed by atoms with van der Waals surface area (Å²) in [4.78, 5) is 11.3. The highest BCUT2D eigenvalue weighted by atomic mass is 32.2. The second kappa shape index (κ2) is 7.43. The molecule has 0 radical (unpaired) electrons.